The van der Waals surface area contributed by atoms with Gasteiger partial charge in [0, 0.05) is 24.9 Å². The molecule has 0 unspecified atom stereocenters. The maximum Gasteiger partial charge on any atom is 0.224 e. The normalized spacial score (nSPS) is 13.6. The summed E-state index contributed by atoms with van der Waals surface area (Å²) in [5.41, 5.74) is 4.15. The molecule has 0 spiro atoms. The van der Waals surface area contributed by atoms with E-state index in [9.17, 15) is 4.79 Å². The third-order valence-electron chi connectivity index (χ3n) is 6.27. The van der Waals surface area contributed by atoms with Crippen molar-refractivity contribution in [2.75, 3.05) is 24.5 Å². The van der Waals surface area contributed by atoms with Crippen LogP contribution >= 0.6 is 11.8 Å². The summed E-state index contributed by atoms with van der Waals surface area (Å²) in [4.78, 5) is 24.6. The van der Waals surface area contributed by atoms with Gasteiger partial charge < -0.3 is 10.2 Å². The van der Waals surface area contributed by atoms with E-state index in [0.717, 1.165) is 46.2 Å². The number of rotatable bonds is 9. The van der Waals surface area contributed by atoms with Gasteiger partial charge in [-0.2, -0.15) is 5.10 Å². The molecule has 0 aliphatic carbocycles. The predicted molar refractivity (Wildman–Crippen MR) is 146 cm³/mol. The molecule has 4 aromatic rings. The Balaban J connectivity index is 1.22. The first-order valence-electron chi connectivity index (χ1n) is 12.6. The summed E-state index contributed by atoms with van der Waals surface area (Å²) in [6.07, 6.45) is 4.59. The van der Waals surface area contributed by atoms with Crippen LogP contribution < -0.4 is 10.2 Å². The molecule has 186 valence electrons. The maximum atomic E-state index is 12.6. The number of hydrogen-bond acceptors (Lipinski definition) is 6. The van der Waals surface area contributed by atoms with Crippen LogP contribution in [-0.2, 0) is 17.8 Å². The quantitative estimate of drug-likeness (QED) is 0.259. The van der Waals surface area contributed by atoms with Gasteiger partial charge in [0.25, 0.3) is 0 Å². The van der Waals surface area contributed by atoms with Crippen LogP contribution in [0.15, 0.2) is 66.0 Å². The number of hydrogen-bond donors (Lipinski definition) is 1. The van der Waals surface area contributed by atoms with E-state index in [-0.39, 0.29) is 5.91 Å². The number of nitrogens with zero attached hydrogens (tertiary/aromatic N) is 5. The van der Waals surface area contributed by atoms with Gasteiger partial charge in [0.2, 0.25) is 5.91 Å². The van der Waals surface area contributed by atoms with Crippen molar-refractivity contribution in [2.24, 2.45) is 0 Å². The number of aromatic nitrogens is 4. The molecule has 8 heteroatoms. The van der Waals surface area contributed by atoms with Crippen LogP contribution in [0.4, 0.5) is 5.82 Å². The second kappa shape index (κ2) is 11.1. The minimum atomic E-state index is 0.00218. The van der Waals surface area contributed by atoms with E-state index in [1.165, 1.54) is 18.4 Å². The molecular formula is C28H32N6OS. The topological polar surface area (TPSA) is 75.9 Å². The van der Waals surface area contributed by atoms with Gasteiger partial charge in [0.1, 0.15) is 5.82 Å². The monoisotopic (exact) mass is 500 g/mol. The first-order valence-corrected chi connectivity index (χ1v) is 13.5. The lowest BCUT2D eigenvalue weighted by Gasteiger charge is -2.18. The number of anilines is 1. The summed E-state index contributed by atoms with van der Waals surface area (Å²) in [5, 5.41) is 9.79. The zero-order chi connectivity index (χ0) is 24.9. The standard InChI is InChI=1S/C28H32N6OS/c1-20(2)36-28-31-26(33-15-6-7-16-33)24-19-30-34(27(24)32-28)17-14-29-25(35)18-21-10-12-23(13-11-21)22-8-4-3-5-9-22/h3-5,8-13,19-20H,6-7,14-18H2,1-2H3,(H,29,35). The molecule has 1 N–H and O–H groups in total. The zero-order valence-corrected chi connectivity index (χ0v) is 21.7. The molecule has 0 saturated carbocycles. The van der Waals surface area contributed by atoms with E-state index in [1.54, 1.807) is 11.8 Å². The van der Waals surface area contributed by atoms with Crippen molar-refractivity contribution in [2.45, 2.75) is 50.1 Å². The molecule has 1 aliphatic heterocycles. The zero-order valence-electron chi connectivity index (χ0n) is 20.9. The molecule has 1 amide bonds. The van der Waals surface area contributed by atoms with E-state index in [4.69, 9.17) is 9.97 Å². The van der Waals surface area contributed by atoms with Gasteiger partial charge in [0.05, 0.1) is 24.5 Å². The Kier molecular flexibility index (Phi) is 7.51. The lowest BCUT2D eigenvalue weighted by atomic mass is 10.0. The summed E-state index contributed by atoms with van der Waals surface area (Å²) >= 11 is 1.67. The fourth-order valence-corrected chi connectivity index (χ4v) is 5.21. The smallest absolute Gasteiger partial charge is 0.224 e. The molecule has 7 nitrogen and oxygen atoms in total. The Labute approximate surface area is 216 Å². The molecule has 36 heavy (non-hydrogen) atoms. The summed E-state index contributed by atoms with van der Waals surface area (Å²) in [6.45, 7) is 7.39. The van der Waals surface area contributed by atoms with Gasteiger partial charge in [-0.15, -0.1) is 0 Å². The lowest BCUT2D eigenvalue weighted by Crippen LogP contribution is -2.29. The number of nitrogens with one attached hydrogen (secondary N) is 1. The molecule has 2 aromatic heterocycles. The number of carbonyl (C=O) groups is 1. The van der Waals surface area contributed by atoms with Crippen molar-refractivity contribution in [1.29, 1.82) is 0 Å². The maximum absolute atomic E-state index is 12.6. The third-order valence-corrected chi connectivity index (χ3v) is 7.14. The average molecular weight is 501 g/mol. The van der Waals surface area contributed by atoms with Crippen molar-refractivity contribution in [1.82, 2.24) is 25.1 Å². The first kappa shape index (κ1) is 24.3. The molecule has 1 fully saturated rings. The number of fused-ring (bicyclic) bond motifs is 1. The van der Waals surface area contributed by atoms with E-state index >= 15 is 0 Å². The number of benzene rings is 2. The van der Waals surface area contributed by atoms with Gasteiger partial charge in [-0.05, 0) is 29.5 Å². The largest absolute Gasteiger partial charge is 0.356 e. The first-order chi connectivity index (χ1) is 17.6. The fraction of sp³-hybridized carbons (Fsp3) is 0.357. The predicted octanol–water partition coefficient (Wildman–Crippen LogP) is 4.95. The van der Waals surface area contributed by atoms with E-state index in [0.29, 0.717) is 24.8 Å². The molecule has 0 atom stereocenters. The Morgan fingerprint density at radius 3 is 2.44 bits per heavy atom. The Bertz CT molecular complexity index is 1310. The summed E-state index contributed by atoms with van der Waals surface area (Å²) in [5.74, 6) is 0.984. The van der Waals surface area contributed by atoms with Gasteiger partial charge in [-0.1, -0.05) is 80.2 Å². The van der Waals surface area contributed by atoms with Crippen molar-refractivity contribution >= 4 is 34.5 Å². The minimum absolute atomic E-state index is 0.00218. The lowest BCUT2D eigenvalue weighted by molar-refractivity contribution is -0.120. The van der Waals surface area contributed by atoms with Crippen molar-refractivity contribution < 1.29 is 4.79 Å². The fourth-order valence-electron chi connectivity index (χ4n) is 4.51. The van der Waals surface area contributed by atoms with E-state index in [1.807, 2.05) is 41.2 Å². The Morgan fingerprint density at radius 2 is 1.72 bits per heavy atom. The summed E-state index contributed by atoms with van der Waals surface area (Å²) < 4.78 is 1.88. The SMILES string of the molecule is CC(C)Sc1nc(N2CCCC2)c2cnn(CCNC(=O)Cc3ccc(-c4ccccc4)cc3)c2n1. The van der Waals surface area contributed by atoms with Crippen LogP contribution in [0.3, 0.4) is 0 Å². The summed E-state index contributed by atoms with van der Waals surface area (Å²) in [7, 11) is 0. The molecule has 1 saturated heterocycles. The molecule has 1 aliphatic rings. The van der Waals surface area contributed by atoms with Crippen LogP contribution in [0.25, 0.3) is 22.2 Å². The Morgan fingerprint density at radius 1 is 1.00 bits per heavy atom. The van der Waals surface area contributed by atoms with E-state index in [2.05, 4.69) is 53.4 Å². The third kappa shape index (κ3) is 5.70. The summed E-state index contributed by atoms with van der Waals surface area (Å²) in [6, 6.07) is 18.4. The van der Waals surface area contributed by atoms with Gasteiger partial charge in [0.15, 0.2) is 10.8 Å². The van der Waals surface area contributed by atoms with Crippen LogP contribution in [-0.4, -0.2) is 50.5 Å². The molecule has 0 bridgehead atoms. The van der Waals surface area contributed by atoms with Crippen LogP contribution in [0, 0.1) is 0 Å². The van der Waals surface area contributed by atoms with Crippen molar-refractivity contribution in [3.05, 3.63) is 66.4 Å². The van der Waals surface area contributed by atoms with Crippen LogP contribution in [0.2, 0.25) is 0 Å². The second-order valence-corrected chi connectivity index (χ2v) is 10.9. The van der Waals surface area contributed by atoms with E-state index < -0.39 is 0 Å². The van der Waals surface area contributed by atoms with Crippen LogP contribution in [0.5, 0.6) is 0 Å². The molecule has 0 radical (unpaired) electrons. The highest BCUT2D eigenvalue weighted by atomic mass is 32.2. The van der Waals surface area contributed by atoms with Crippen LogP contribution in [0.1, 0.15) is 32.3 Å². The number of thioether (sulfide) groups is 1. The molecule has 2 aromatic carbocycles. The number of carbonyl (C=O) groups excluding carboxylic acids is 1. The van der Waals surface area contributed by atoms with Gasteiger partial charge in [-0.3, -0.25) is 4.79 Å². The average Bonchev–Trinajstić information content (AvgIpc) is 3.55. The molecule has 3 heterocycles. The van der Waals surface area contributed by atoms with Gasteiger partial charge in [-0.25, -0.2) is 14.6 Å². The highest BCUT2D eigenvalue weighted by Gasteiger charge is 2.21. The molecular weight excluding hydrogens is 468 g/mol. The highest BCUT2D eigenvalue weighted by Crippen LogP contribution is 2.30. The van der Waals surface area contributed by atoms with Gasteiger partial charge >= 0.3 is 0 Å². The second-order valence-electron chi connectivity index (χ2n) is 9.39. The molecule has 5 rings (SSSR count). The number of amides is 1. The highest BCUT2D eigenvalue weighted by molar-refractivity contribution is 7.99. The Hall–Kier alpha value is -3.39. The van der Waals surface area contributed by atoms with Crippen molar-refractivity contribution in [3.63, 3.8) is 0 Å². The van der Waals surface area contributed by atoms with Crippen molar-refractivity contribution in [3.8, 4) is 11.1 Å². The minimum Gasteiger partial charge on any atom is -0.356 e.